The van der Waals surface area contributed by atoms with E-state index in [0.29, 0.717) is 6.42 Å². The molecule has 2 aromatic rings. The topological polar surface area (TPSA) is 59.1 Å². The van der Waals surface area contributed by atoms with E-state index in [1.165, 1.54) is 5.56 Å². The Kier molecular flexibility index (Phi) is 2.79. The number of benzene rings is 1. The van der Waals surface area contributed by atoms with Crippen LogP contribution in [0.4, 0.5) is 5.13 Å². The summed E-state index contributed by atoms with van der Waals surface area (Å²) in [6, 6.07) is 6.14. The summed E-state index contributed by atoms with van der Waals surface area (Å²) in [6.45, 7) is 2.05. The first-order chi connectivity index (χ1) is 8.52. The van der Waals surface area contributed by atoms with E-state index in [9.17, 15) is 8.42 Å². The second-order valence-corrected chi connectivity index (χ2v) is 7.99. The number of fused-ring (bicyclic) bond motifs is 1. The van der Waals surface area contributed by atoms with Gasteiger partial charge in [-0.2, -0.15) is 0 Å². The first-order valence-corrected chi connectivity index (χ1v) is 8.50. The molecule has 1 N–H and O–H groups in total. The first kappa shape index (κ1) is 11.9. The highest BCUT2D eigenvalue weighted by molar-refractivity contribution is 7.91. The third kappa shape index (κ3) is 2.35. The van der Waals surface area contributed by atoms with Crippen molar-refractivity contribution in [1.29, 1.82) is 0 Å². The molecule has 3 rings (SSSR count). The molecule has 1 aromatic carbocycles. The predicted molar refractivity (Wildman–Crippen MR) is 75.0 cm³/mol. The summed E-state index contributed by atoms with van der Waals surface area (Å²) >= 11 is 1.58. The lowest BCUT2D eigenvalue weighted by Crippen LogP contribution is -2.20. The van der Waals surface area contributed by atoms with Crippen LogP contribution in [0.1, 0.15) is 12.0 Å². The van der Waals surface area contributed by atoms with Gasteiger partial charge in [0.15, 0.2) is 15.0 Å². The van der Waals surface area contributed by atoms with Crippen molar-refractivity contribution in [3.8, 4) is 0 Å². The highest BCUT2D eigenvalue weighted by Crippen LogP contribution is 2.28. The highest BCUT2D eigenvalue weighted by Gasteiger charge is 2.28. The van der Waals surface area contributed by atoms with E-state index < -0.39 is 9.84 Å². The number of aromatic nitrogens is 1. The van der Waals surface area contributed by atoms with Crippen LogP contribution in [0.2, 0.25) is 0 Å². The quantitative estimate of drug-likeness (QED) is 0.917. The molecule has 0 saturated carbocycles. The van der Waals surface area contributed by atoms with Gasteiger partial charge in [-0.15, -0.1) is 0 Å². The monoisotopic (exact) mass is 282 g/mol. The molecule has 6 heteroatoms. The van der Waals surface area contributed by atoms with Gasteiger partial charge in [0.2, 0.25) is 0 Å². The first-order valence-electron chi connectivity index (χ1n) is 5.86. The van der Waals surface area contributed by atoms with Gasteiger partial charge >= 0.3 is 0 Å². The third-order valence-corrected chi connectivity index (χ3v) is 5.82. The van der Waals surface area contributed by atoms with Crippen molar-refractivity contribution >= 4 is 36.5 Å². The molecule has 2 heterocycles. The molecule has 1 aromatic heterocycles. The lowest BCUT2D eigenvalue weighted by Gasteiger charge is -2.07. The van der Waals surface area contributed by atoms with Crippen molar-refractivity contribution in [2.45, 2.75) is 19.4 Å². The minimum Gasteiger partial charge on any atom is -0.358 e. The fourth-order valence-electron chi connectivity index (χ4n) is 2.18. The number of hydrogen-bond acceptors (Lipinski definition) is 5. The molecule has 0 amide bonds. The fraction of sp³-hybridized carbons (Fsp3) is 0.417. The molecule has 1 aliphatic heterocycles. The van der Waals surface area contributed by atoms with E-state index in [4.69, 9.17) is 0 Å². The lowest BCUT2D eigenvalue weighted by atomic mass is 10.2. The minimum atomic E-state index is -2.84. The molecule has 0 radical (unpaired) electrons. The summed E-state index contributed by atoms with van der Waals surface area (Å²) in [5.74, 6) is 0.511. The van der Waals surface area contributed by atoms with Gasteiger partial charge in [-0.05, 0) is 31.0 Å². The van der Waals surface area contributed by atoms with Gasteiger partial charge in [-0.25, -0.2) is 13.4 Å². The smallest absolute Gasteiger partial charge is 0.184 e. The standard InChI is InChI=1S/C12H14N2O2S2/c1-8-2-3-10-11(6-8)17-12(14-10)13-9-4-5-18(15,16)7-9/h2-3,6,9H,4-5,7H2,1H3,(H,13,14). The van der Waals surface area contributed by atoms with Crippen LogP contribution in [0.3, 0.4) is 0 Å². The van der Waals surface area contributed by atoms with Gasteiger partial charge in [0.25, 0.3) is 0 Å². The summed E-state index contributed by atoms with van der Waals surface area (Å²) in [5.41, 5.74) is 2.18. The zero-order valence-electron chi connectivity index (χ0n) is 10.0. The Bertz CT molecular complexity index is 691. The van der Waals surface area contributed by atoms with Crippen molar-refractivity contribution < 1.29 is 8.42 Å². The lowest BCUT2D eigenvalue weighted by molar-refractivity contribution is 0.602. The molecule has 4 nitrogen and oxygen atoms in total. The maximum Gasteiger partial charge on any atom is 0.184 e. The molecular weight excluding hydrogens is 268 g/mol. The summed E-state index contributed by atoms with van der Waals surface area (Å²) in [6.07, 6.45) is 0.678. The molecule has 0 spiro atoms. The third-order valence-electron chi connectivity index (χ3n) is 3.10. The molecule has 1 fully saturated rings. The molecule has 1 saturated heterocycles. The van der Waals surface area contributed by atoms with E-state index >= 15 is 0 Å². The summed E-state index contributed by atoms with van der Waals surface area (Å²) < 4.78 is 23.9. The Morgan fingerprint density at radius 2 is 2.28 bits per heavy atom. The molecule has 0 aliphatic carbocycles. The van der Waals surface area contributed by atoms with Crippen LogP contribution in [0.15, 0.2) is 18.2 Å². The van der Waals surface area contributed by atoms with E-state index in [1.807, 2.05) is 12.1 Å². The number of nitrogens with one attached hydrogen (secondary N) is 1. The molecule has 1 atom stereocenters. The predicted octanol–water partition coefficient (Wildman–Crippen LogP) is 2.20. The Morgan fingerprint density at radius 1 is 1.44 bits per heavy atom. The summed E-state index contributed by atoms with van der Waals surface area (Å²) in [4.78, 5) is 4.48. The molecule has 96 valence electrons. The maximum absolute atomic E-state index is 11.4. The molecule has 1 unspecified atom stereocenters. The van der Waals surface area contributed by atoms with E-state index in [0.717, 1.165) is 15.3 Å². The molecule has 1 aliphatic rings. The van der Waals surface area contributed by atoms with Crippen LogP contribution in [-0.4, -0.2) is 30.9 Å². The average molecular weight is 282 g/mol. The SMILES string of the molecule is Cc1ccc2nc(NC3CCS(=O)(=O)C3)sc2c1. The second-order valence-electron chi connectivity index (χ2n) is 4.73. The van der Waals surface area contributed by atoms with Crippen molar-refractivity contribution in [3.63, 3.8) is 0 Å². The number of thiazole rings is 1. The van der Waals surface area contributed by atoms with E-state index in [-0.39, 0.29) is 17.5 Å². The number of hydrogen-bond donors (Lipinski definition) is 1. The Balaban J connectivity index is 1.83. The van der Waals surface area contributed by atoms with Crippen molar-refractivity contribution in [2.75, 3.05) is 16.8 Å². The summed E-state index contributed by atoms with van der Waals surface area (Å²) in [5, 5.41) is 4.05. The van der Waals surface area contributed by atoms with Crippen LogP contribution in [0, 0.1) is 6.92 Å². The van der Waals surface area contributed by atoms with Crippen molar-refractivity contribution in [2.24, 2.45) is 0 Å². The Morgan fingerprint density at radius 3 is 3.00 bits per heavy atom. The highest BCUT2D eigenvalue weighted by atomic mass is 32.2. The second kappa shape index (κ2) is 4.20. The largest absolute Gasteiger partial charge is 0.358 e. The van der Waals surface area contributed by atoms with Crippen molar-refractivity contribution in [3.05, 3.63) is 23.8 Å². The number of aryl methyl sites for hydroxylation is 1. The van der Waals surface area contributed by atoms with Gasteiger partial charge in [0.1, 0.15) is 0 Å². The van der Waals surface area contributed by atoms with E-state index in [2.05, 4.69) is 23.3 Å². The normalized spacial score (nSPS) is 22.4. The Hall–Kier alpha value is -1.14. The van der Waals surface area contributed by atoms with Crippen LogP contribution in [-0.2, 0) is 9.84 Å². The van der Waals surface area contributed by atoms with Crippen LogP contribution in [0.5, 0.6) is 0 Å². The van der Waals surface area contributed by atoms with E-state index in [1.54, 1.807) is 11.3 Å². The Labute approximate surface area is 110 Å². The molecular formula is C12H14N2O2S2. The van der Waals surface area contributed by atoms with Gasteiger partial charge in [0.05, 0.1) is 21.7 Å². The number of sulfone groups is 1. The maximum atomic E-state index is 11.4. The van der Waals surface area contributed by atoms with Crippen molar-refractivity contribution in [1.82, 2.24) is 4.98 Å². The molecule has 18 heavy (non-hydrogen) atoms. The summed E-state index contributed by atoms with van der Waals surface area (Å²) in [7, 11) is -2.84. The number of anilines is 1. The minimum absolute atomic E-state index is 0.0108. The van der Waals surface area contributed by atoms with Gasteiger partial charge < -0.3 is 5.32 Å². The number of nitrogens with zero attached hydrogens (tertiary/aromatic N) is 1. The van der Waals surface area contributed by atoms with Crippen LogP contribution < -0.4 is 5.32 Å². The van der Waals surface area contributed by atoms with Gasteiger partial charge in [0, 0.05) is 6.04 Å². The fourth-order valence-corrected chi connectivity index (χ4v) is 4.89. The number of rotatable bonds is 2. The van der Waals surface area contributed by atoms with Crippen LogP contribution >= 0.6 is 11.3 Å². The zero-order valence-corrected chi connectivity index (χ0v) is 11.6. The van der Waals surface area contributed by atoms with Gasteiger partial charge in [-0.1, -0.05) is 17.4 Å². The molecule has 0 bridgehead atoms. The zero-order chi connectivity index (χ0) is 12.8. The van der Waals surface area contributed by atoms with Gasteiger partial charge in [-0.3, -0.25) is 0 Å². The van der Waals surface area contributed by atoms with Crippen LogP contribution in [0.25, 0.3) is 10.2 Å². The average Bonchev–Trinajstić information content (AvgIpc) is 2.81.